The summed E-state index contributed by atoms with van der Waals surface area (Å²) in [5.74, 6) is -0.234. The van der Waals surface area contributed by atoms with Gasteiger partial charge in [-0.25, -0.2) is 0 Å². The highest BCUT2D eigenvalue weighted by atomic mass is 79.9. The molecule has 5 nitrogen and oxygen atoms in total. The Balaban J connectivity index is 1.91. The number of nitrogens with one attached hydrogen (secondary N) is 1. The van der Waals surface area contributed by atoms with Crippen molar-refractivity contribution in [2.45, 2.75) is 18.9 Å². The fourth-order valence-corrected chi connectivity index (χ4v) is 5.32. The van der Waals surface area contributed by atoms with Crippen molar-refractivity contribution < 1.29 is 9.59 Å². The molecule has 0 saturated carbocycles. The van der Waals surface area contributed by atoms with Gasteiger partial charge in [0, 0.05) is 41.0 Å². The third kappa shape index (κ3) is 2.26. The number of carbonyl (C=O) groups excluding carboxylic acids is 2. The third-order valence-corrected chi connectivity index (χ3v) is 6.54. The zero-order chi connectivity index (χ0) is 20.3. The summed E-state index contributed by atoms with van der Waals surface area (Å²) in [5.41, 5.74) is 3.33. The highest BCUT2D eigenvalue weighted by Crippen LogP contribution is 2.52. The average molecular weight is 450 g/mol. The van der Waals surface area contributed by atoms with Crippen LogP contribution in [0, 0.1) is 0 Å². The summed E-state index contributed by atoms with van der Waals surface area (Å²) in [6, 6.07) is 13.9. The Bertz CT molecular complexity index is 1200. The van der Waals surface area contributed by atoms with Crippen LogP contribution in [0.5, 0.6) is 0 Å². The Kier molecular flexibility index (Phi) is 3.96. The molecule has 2 aromatic carbocycles. The molecule has 2 aliphatic rings. The number of hydrogen-bond acceptors (Lipinski definition) is 2. The van der Waals surface area contributed by atoms with Gasteiger partial charge in [-0.3, -0.25) is 9.59 Å². The molecule has 146 valence electrons. The minimum atomic E-state index is -1.19. The van der Waals surface area contributed by atoms with E-state index in [1.807, 2.05) is 36.4 Å². The summed E-state index contributed by atoms with van der Waals surface area (Å²) in [6.45, 7) is 6.24. The van der Waals surface area contributed by atoms with Crippen molar-refractivity contribution in [2.24, 2.45) is 0 Å². The zero-order valence-electron chi connectivity index (χ0n) is 16.0. The minimum Gasteiger partial charge on any atom is -0.355 e. The van der Waals surface area contributed by atoms with Crippen LogP contribution in [0.2, 0.25) is 0 Å². The van der Waals surface area contributed by atoms with Gasteiger partial charge in [-0.05, 0) is 36.2 Å². The van der Waals surface area contributed by atoms with Crippen LogP contribution >= 0.6 is 15.9 Å². The molecule has 2 aliphatic heterocycles. The van der Waals surface area contributed by atoms with Crippen molar-refractivity contribution in [3.63, 3.8) is 0 Å². The molecule has 1 spiro atoms. The van der Waals surface area contributed by atoms with Gasteiger partial charge in [-0.1, -0.05) is 40.2 Å². The molecule has 1 aromatic heterocycles. The number of hydrogen-bond donors (Lipinski definition) is 1. The molecule has 3 aromatic rings. The Labute approximate surface area is 177 Å². The smallest absolute Gasteiger partial charge is 0.264 e. The summed E-state index contributed by atoms with van der Waals surface area (Å²) in [6.07, 6.45) is 2.43. The van der Waals surface area contributed by atoms with Gasteiger partial charge >= 0.3 is 0 Å². The van der Waals surface area contributed by atoms with Gasteiger partial charge in [0.2, 0.25) is 5.91 Å². The lowest BCUT2D eigenvalue weighted by atomic mass is 9.80. The second-order valence-electron chi connectivity index (χ2n) is 7.52. The van der Waals surface area contributed by atoms with Crippen molar-refractivity contribution in [3.05, 3.63) is 76.4 Å². The van der Waals surface area contributed by atoms with Gasteiger partial charge in [-0.2, -0.15) is 0 Å². The van der Waals surface area contributed by atoms with E-state index >= 15 is 0 Å². The van der Waals surface area contributed by atoms with Crippen LogP contribution < -0.4 is 4.90 Å². The monoisotopic (exact) mass is 449 g/mol. The Hall–Kier alpha value is -2.86. The number of nitrogens with zero attached hydrogens (tertiary/aromatic N) is 2. The number of rotatable bonds is 2. The molecule has 5 rings (SSSR count). The van der Waals surface area contributed by atoms with Crippen LogP contribution in [-0.2, 0) is 21.5 Å². The maximum atomic E-state index is 14.0. The molecule has 0 saturated heterocycles. The number of halogens is 1. The predicted molar refractivity (Wildman–Crippen MR) is 117 cm³/mol. The Morgan fingerprint density at radius 2 is 2.10 bits per heavy atom. The lowest BCUT2D eigenvalue weighted by molar-refractivity contribution is -0.143. The molecule has 0 aliphatic carbocycles. The number of aromatic nitrogens is 1. The lowest BCUT2D eigenvalue weighted by Crippen LogP contribution is -2.58. The van der Waals surface area contributed by atoms with Crippen molar-refractivity contribution in [1.29, 1.82) is 0 Å². The van der Waals surface area contributed by atoms with E-state index < -0.39 is 5.54 Å². The van der Waals surface area contributed by atoms with Gasteiger partial charge in [0.05, 0.1) is 11.4 Å². The number of para-hydroxylation sites is 1. The second kappa shape index (κ2) is 6.32. The van der Waals surface area contributed by atoms with Gasteiger partial charge in [0.25, 0.3) is 5.91 Å². The van der Waals surface area contributed by atoms with Crippen molar-refractivity contribution in [3.8, 4) is 0 Å². The highest BCUT2D eigenvalue weighted by molar-refractivity contribution is 9.10. The van der Waals surface area contributed by atoms with E-state index in [1.54, 1.807) is 15.9 Å². The van der Waals surface area contributed by atoms with E-state index in [0.717, 1.165) is 37.9 Å². The molecule has 6 heteroatoms. The van der Waals surface area contributed by atoms with Crippen molar-refractivity contribution >= 4 is 44.3 Å². The van der Waals surface area contributed by atoms with Gasteiger partial charge in [0.1, 0.15) is 0 Å². The summed E-state index contributed by atoms with van der Waals surface area (Å²) in [5, 5.41) is 1.11. The topological polar surface area (TPSA) is 56.4 Å². The molecule has 0 bridgehead atoms. The molecule has 3 heterocycles. The summed E-state index contributed by atoms with van der Waals surface area (Å²) in [7, 11) is 0. The first-order valence-corrected chi connectivity index (χ1v) is 10.4. The Morgan fingerprint density at radius 1 is 1.31 bits per heavy atom. The SMILES string of the molecule is C=CCN1C(=O)[C@@]2(c3cc(Br)ccc31)c1[nH]c3ccccc3c1CCN2C(C)=O. The molecule has 1 N–H and O–H groups in total. The first kappa shape index (κ1) is 18.2. The van der Waals surface area contributed by atoms with E-state index in [-0.39, 0.29) is 11.8 Å². The van der Waals surface area contributed by atoms with Crippen molar-refractivity contribution in [2.75, 3.05) is 18.0 Å². The number of anilines is 1. The Morgan fingerprint density at radius 3 is 2.86 bits per heavy atom. The lowest BCUT2D eigenvalue weighted by Gasteiger charge is -2.43. The third-order valence-electron chi connectivity index (χ3n) is 6.05. The largest absolute Gasteiger partial charge is 0.355 e. The molecular weight excluding hydrogens is 430 g/mol. The highest BCUT2D eigenvalue weighted by Gasteiger charge is 2.60. The molecule has 1 atom stereocenters. The molecular formula is C23H20BrN3O2. The number of aromatic amines is 1. The first-order chi connectivity index (χ1) is 14.0. The second-order valence-corrected chi connectivity index (χ2v) is 8.44. The van der Waals surface area contributed by atoms with E-state index in [9.17, 15) is 9.59 Å². The molecule has 0 fully saturated rings. The first-order valence-electron chi connectivity index (χ1n) is 9.61. The normalized spacial score (nSPS) is 20.3. The number of carbonyl (C=O) groups is 2. The standard InChI is InChI=1S/C23H20BrN3O2/c1-3-11-26-20-9-8-15(24)13-18(20)23(22(26)29)21-17(10-12-27(23)14(2)28)16-6-4-5-7-19(16)25-21/h3-9,13,25H,1,10-12H2,2H3/t23-/m1/s1. The van der Waals surface area contributed by atoms with Crippen LogP contribution in [0.1, 0.15) is 23.7 Å². The van der Waals surface area contributed by atoms with Crippen LogP contribution in [-0.4, -0.2) is 34.8 Å². The summed E-state index contributed by atoms with van der Waals surface area (Å²) in [4.78, 5) is 33.8. The zero-order valence-corrected chi connectivity index (χ0v) is 17.6. The fourth-order valence-electron chi connectivity index (χ4n) is 4.95. The number of benzene rings is 2. The van der Waals surface area contributed by atoms with Crippen LogP contribution in [0.15, 0.2) is 59.6 Å². The summed E-state index contributed by atoms with van der Waals surface area (Å²) >= 11 is 3.56. The number of amides is 2. The quantitative estimate of drug-likeness (QED) is 0.598. The maximum Gasteiger partial charge on any atom is 0.264 e. The maximum absolute atomic E-state index is 14.0. The van der Waals surface area contributed by atoms with Crippen LogP contribution in [0.25, 0.3) is 10.9 Å². The predicted octanol–water partition coefficient (Wildman–Crippen LogP) is 4.11. The van der Waals surface area contributed by atoms with E-state index in [4.69, 9.17) is 0 Å². The van der Waals surface area contributed by atoms with E-state index in [2.05, 4.69) is 33.6 Å². The van der Waals surface area contributed by atoms with Crippen molar-refractivity contribution in [1.82, 2.24) is 9.88 Å². The number of fused-ring (bicyclic) bond motifs is 6. The van der Waals surface area contributed by atoms with Crippen LogP contribution in [0.4, 0.5) is 5.69 Å². The fraction of sp³-hybridized carbons (Fsp3) is 0.217. The van der Waals surface area contributed by atoms with E-state index in [1.165, 1.54) is 6.92 Å². The molecule has 2 amide bonds. The summed E-state index contributed by atoms with van der Waals surface area (Å²) < 4.78 is 0.871. The molecule has 0 radical (unpaired) electrons. The van der Waals surface area contributed by atoms with Gasteiger partial charge in [0.15, 0.2) is 5.54 Å². The van der Waals surface area contributed by atoms with Gasteiger partial charge in [-0.15, -0.1) is 6.58 Å². The molecule has 0 unspecified atom stereocenters. The average Bonchev–Trinajstić information content (AvgIpc) is 3.19. The molecule has 29 heavy (non-hydrogen) atoms. The number of H-pyrrole nitrogens is 1. The van der Waals surface area contributed by atoms with Gasteiger partial charge < -0.3 is 14.8 Å². The minimum absolute atomic E-state index is 0.117. The van der Waals surface area contributed by atoms with Crippen LogP contribution in [0.3, 0.4) is 0 Å². The van der Waals surface area contributed by atoms with E-state index in [0.29, 0.717) is 19.5 Å².